The summed E-state index contributed by atoms with van der Waals surface area (Å²) in [6.45, 7) is 3.15. The number of aromatic hydroxyl groups is 1. The van der Waals surface area contributed by atoms with Crippen LogP contribution in [-0.4, -0.2) is 24.2 Å². The number of hydrogen-bond donors (Lipinski definition) is 3. The lowest BCUT2D eigenvalue weighted by molar-refractivity contribution is 0.328. The van der Waals surface area contributed by atoms with E-state index in [4.69, 9.17) is 0 Å². The lowest BCUT2D eigenvalue weighted by Crippen LogP contribution is -2.33. The third kappa shape index (κ3) is 2.29. The third-order valence-corrected chi connectivity index (χ3v) is 5.30. The molecule has 1 heterocycles. The maximum absolute atomic E-state index is 9.64. The van der Waals surface area contributed by atoms with Crippen LogP contribution in [0.25, 0.3) is 0 Å². The number of nitrogens with one attached hydrogen (secondary N) is 2. The Morgan fingerprint density at radius 2 is 2.17 bits per heavy atom. The molecule has 1 atom stereocenters. The van der Waals surface area contributed by atoms with E-state index in [9.17, 15) is 5.11 Å². The lowest BCUT2D eigenvalue weighted by Gasteiger charge is -2.23. The van der Waals surface area contributed by atoms with Gasteiger partial charge in [-0.05, 0) is 65.3 Å². The molecule has 2 fully saturated rings. The summed E-state index contributed by atoms with van der Waals surface area (Å²) in [7, 11) is 0. The number of piperidine rings is 1. The van der Waals surface area contributed by atoms with Gasteiger partial charge in [0, 0.05) is 12.6 Å². The topological polar surface area (TPSA) is 44.3 Å². The molecular weight excluding hydrogens is 292 g/mol. The van der Waals surface area contributed by atoms with Crippen LogP contribution in [0.3, 0.4) is 0 Å². The van der Waals surface area contributed by atoms with E-state index in [0.29, 0.717) is 17.2 Å². The van der Waals surface area contributed by atoms with Crippen molar-refractivity contribution in [2.45, 2.75) is 31.8 Å². The largest absolute Gasteiger partial charge is 0.507 e. The molecule has 4 heteroatoms. The third-order valence-electron chi connectivity index (χ3n) is 4.39. The Morgan fingerprint density at radius 1 is 1.39 bits per heavy atom. The van der Waals surface area contributed by atoms with E-state index in [0.717, 1.165) is 29.7 Å². The first-order valence-electron chi connectivity index (χ1n) is 6.62. The standard InChI is InChI=1S/C14H19BrN2O/c15-13-10(2-1-3-11(13)18)9-17-12-8-14(12)4-6-16-7-5-14/h1-3,12,16-18H,4-9H2. The highest BCUT2D eigenvalue weighted by Gasteiger charge is 2.53. The molecule has 1 aliphatic carbocycles. The summed E-state index contributed by atoms with van der Waals surface area (Å²) >= 11 is 3.44. The summed E-state index contributed by atoms with van der Waals surface area (Å²) in [4.78, 5) is 0. The predicted octanol–water partition coefficient (Wildman–Crippen LogP) is 2.39. The molecule has 1 aromatic carbocycles. The molecule has 98 valence electrons. The molecule has 18 heavy (non-hydrogen) atoms. The van der Waals surface area contributed by atoms with Crippen molar-refractivity contribution in [3.8, 4) is 5.75 Å². The predicted molar refractivity (Wildman–Crippen MR) is 75.6 cm³/mol. The fourth-order valence-corrected chi connectivity index (χ4v) is 3.45. The van der Waals surface area contributed by atoms with E-state index in [2.05, 4.69) is 26.6 Å². The zero-order valence-corrected chi connectivity index (χ0v) is 12.0. The van der Waals surface area contributed by atoms with Crippen LogP contribution in [0, 0.1) is 5.41 Å². The Bertz CT molecular complexity index is 443. The molecule has 2 aliphatic rings. The van der Waals surface area contributed by atoms with Crippen LogP contribution in [0.5, 0.6) is 5.75 Å². The monoisotopic (exact) mass is 310 g/mol. The van der Waals surface area contributed by atoms with Gasteiger partial charge >= 0.3 is 0 Å². The Morgan fingerprint density at radius 3 is 2.94 bits per heavy atom. The van der Waals surface area contributed by atoms with Crippen molar-refractivity contribution in [1.82, 2.24) is 10.6 Å². The van der Waals surface area contributed by atoms with Crippen molar-refractivity contribution < 1.29 is 5.11 Å². The molecule has 0 radical (unpaired) electrons. The molecule has 1 aromatic rings. The van der Waals surface area contributed by atoms with Crippen molar-refractivity contribution in [3.63, 3.8) is 0 Å². The van der Waals surface area contributed by atoms with Crippen LogP contribution >= 0.6 is 15.9 Å². The zero-order valence-electron chi connectivity index (χ0n) is 10.4. The normalized spacial score (nSPS) is 25.3. The average molecular weight is 311 g/mol. The second-order valence-corrected chi connectivity index (χ2v) is 6.29. The van der Waals surface area contributed by atoms with E-state index < -0.39 is 0 Å². The van der Waals surface area contributed by atoms with Crippen LogP contribution in [-0.2, 0) is 6.54 Å². The van der Waals surface area contributed by atoms with Gasteiger partial charge in [0.1, 0.15) is 5.75 Å². The average Bonchev–Trinajstić information content (AvgIpc) is 3.04. The quantitative estimate of drug-likeness (QED) is 0.803. The second-order valence-electron chi connectivity index (χ2n) is 5.50. The second kappa shape index (κ2) is 4.83. The van der Waals surface area contributed by atoms with Gasteiger partial charge in [0.05, 0.1) is 4.47 Å². The van der Waals surface area contributed by atoms with Gasteiger partial charge < -0.3 is 15.7 Å². The highest BCUT2D eigenvalue weighted by molar-refractivity contribution is 9.10. The molecule has 0 bridgehead atoms. The van der Waals surface area contributed by atoms with E-state index in [1.54, 1.807) is 6.07 Å². The van der Waals surface area contributed by atoms with E-state index >= 15 is 0 Å². The van der Waals surface area contributed by atoms with Crippen LogP contribution in [0.4, 0.5) is 0 Å². The molecule has 3 N–H and O–H groups in total. The number of phenols is 1. The number of rotatable bonds is 3. The smallest absolute Gasteiger partial charge is 0.130 e. The number of halogens is 1. The van der Waals surface area contributed by atoms with Gasteiger partial charge in [-0.3, -0.25) is 0 Å². The molecule has 0 amide bonds. The van der Waals surface area contributed by atoms with Gasteiger partial charge in [-0.2, -0.15) is 0 Å². The van der Waals surface area contributed by atoms with Crippen LogP contribution in [0.1, 0.15) is 24.8 Å². The first-order chi connectivity index (χ1) is 8.71. The molecule has 3 rings (SSSR count). The molecular formula is C14H19BrN2O. The SMILES string of the molecule is Oc1cccc(CNC2CC23CCNCC3)c1Br. The minimum absolute atomic E-state index is 0.321. The van der Waals surface area contributed by atoms with Gasteiger partial charge in [0.2, 0.25) is 0 Å². The van der Waals surface area contributed by atoms with Gasteiger partial charge in [0.25, 0.3) is 0 Å². The fraction of sp³-hybridized carbons (Fsp3) is 0.571. The molecule has 3 nitrogen and oxygen atoms in total. The van der Waals surface area contributed by atoms with E-state index in [1.165, 1.54) is 19.3 Å². The van der Waals surface area contributed by atoms with E-state index in [1.807, 2.05) is 12.1 Å². The lowest BCUT2D eigenvalue weighted by atomic mass is 9.94. The maximum atomic E-state index is 9.64. The highest BCUT2D eigenvalue weighted by atomic mass is 79.9. The molecule has 1 unspecified atom stereocenters. The summed E-state index contributed by atoms with van der Waals surface area (Å²) in [6.07, 6.45) is 3.91. The summed E-state index contributed by atoms with van der Waals surface area (Å²) in [5.41, 5.74) is 1.69. The molecule has 1 saturated heterocycles. The van der Waals surface area contributed by atoms with Crippen molar-refractivity contribution in [2.75, 3.05) is 13.1 Å². The Balaban J connectivity index is 1.58. The fourth-order valence-electron chi connectivity index (χ4n) is 3.05. The van der Waals surface area contributed by atoms with E-state index in [-0.39, 0.29) is 0 Å². The zero-order chi connectivity index (χ0) is 12.6. The Hall–Kier alpha value is -0.580. The van der Waals surface area contributed by atoms with Crippen molar-refractivity contribution in [1.29, 1.82) is 0 Å². The first kappa shape index (κ1) is 12.5. The van der Waals surface area contributed by atoms with Crippen LogP contribution < -0.4 is 10.6 Å². The van der Waals surface area contributed by atoms with Gasteiger partial charge in [-0.25, -0.2) is 0 Å². The molecule has 1 spiro atoms. The van der Waals surface area contributed by atoms with Crippen molar-refractivity contribution in [3.05, 3.63) is 28.2 Å². The number of benzene rings is 1. The molecule has 1 aliphatic heterocycles. The number of phenolic OH excluding ortho intramolecular Hbond substituents is 1. The highest BCUT2D eigenvalue weighted by Crippen LogP contribution is 2.52. The van der Waals surface area contributed by atoms with Crippen LogP contribution in [0.15, 0.2) is 22.7 Å². The summed E-state index contributed by atoms with van der Waals surface area (Å²) in [5.74, 6) is 0.321. The molecule has 0 aromatic heterocycles. The maximum Gasteiger partial charge on any atom is 0.130 e. The minimum atomic E-state index is 0.321. The first-order valence-corrected chi connectivity index (χ1v) is 7.41. The van der Waals surface area contributed by atoms with Gasteiger partial charge in [0.15, 0.2) is 0 Å². The molecule has 1 saturated carbocycles. The van der Waals surface area contributed by atoms with Crippen LogP contribution in [0.2, 0.25) is 0 Å². The summed E-state index contributed by atoms with van der Waals surface area (Å²) in [6, 6.07) is 6.31. The van der Waals surface area contributed by atoms with Crippen molar-refractivity contribution >= 4 is 15.9 Å². The van der Waals surface area contributed by atoms with Gasteiger partial charge in [-0.1, -0.05) is 12.1 Å². The number of hydrogen-bond acceptors (Lipinski definition) is 3. The minimum Gasteiger partial charge on any atom is -0.507 e. The van der Waals surface area contributed by atoms with Crippen molar-refractivity contribution in [2.24, 2.45) is 5.41 Å². The Kier molecular flexibility index (Phi) is 3.34. The Labute approximate surface area is 116 Å². The summed E-state index contributed by atoms with van der Waals surface area (Å²) in [5, 5.41) is 16.7. The summed E-state index contributed by atoms with van der Waals surface area (Å²) < 4.78 is 0.817. The van der Waals surface area contributed by atoms with Gasteiger partial charge in [-0.15, -0.1) is 0 Å².